The van der Waals surface area contributed by atoms with Gasteiger partial charge in [-0.1, -0.05) is 44.0 Å². The zero-order valence-corrected chi connectivity index (χ0v) is 11.8. The van der Waals surface area contributed by atoms with Crippen LogP contribution in [-0.4, -0.2) is 0 Å². The molecule has 1 N–H and O–H groups in total. The van der Waals surface area contributed by atoms with E-state index in [1.165, 1.54) is 5.56 Å². The normalized spacial score (nSPS) is 10.1. The van der Waals surface area contributed by atoms with Crippen LogP contribution >= 0.6 is 31.9 Å². The third-order valence-corrected chi connectivity index (χ3v) is 3.25. The summed E-state index contributed by atoms with van der Waals surface area (Å²) in [4.78, 5) is 0. The molecule has 0 aliphatic carbocycles. The highest BCUT2D eigenvalue weighted by Gasteiger charge is 1.95. The SMILES string of the molecule is Brc1ccc(NCc2cccc(Br)c2)cc1. The average molecular weight is 341 g/mol. The fourth-order valence-corrected chi connectivity index (χ4v) is 2.13. The van der Waals surface area contributed by atoms with Crippen LogP contribution in [0.5, 0.6) is 0 Å². The van der Waals surface area contributed by atoms with Gasteiger partial charge in [-0.25, -0.2) is 0 Å². The van der Waals surface area contributed by atoms with E-state index >= 15 is 0 Å². The van der Waals surface area contributed by atoms with Crippen molar-refractivity contribution >= 4 is 37.5 Å². The van der Waals surface area contributed by atoms with Crippen molar-refractivity contribution in [1.82, 2.24) is 0 Å². The summed E-state index contributed by atoms with van der Waals surface area (Å²) in [5.41, 5.74) is 2.39. The molecule has 0 aliphatic heterocycles. The van der Waals surface area contributed by atoms with Crippen LogP contribution in [0.4, 0.5) is 5.69 Å². The predicted octanol–water partition coefficient (Wildman–Crippen LogP) is 4.82. The molecule has 0 aromatic heterocycles. The van der Waals surface area contributed by atoms with Gasteiger partial charge in [0, 0.05) is 21.2 Å². The van der Waals surface area contributed by atoms with Crippen LogP contribution in [0.1, 0.15) is 5.56 Å². The second-order valence-corrected chi connectivity index (χ2v) is 5.32. The monoisotopic (exact) mass is 339 g/mol. The molecule has 2 aromatic carbocycles. The Morgan fingerprint density at radius 2 is 1.62 bits per heavy atom. The fourth-order valence-electron chi connectivity index (χ4n) is 1.42. The Balaban J connectivity index is 1.99. The van der Waals surface area contributed by atoms with Crippen LogP contribution in [0.15, 0.2) is 57.5 Å². The van der Waals surface area contributed by atoms with Gasteiger partial charge in [-0.3, -0.25) is 0 Å². The maximum atomic E-state index is 3.46. The number of anilines is 1. The number of hydrogen-bond donors (Lipinski definition) is 1. The molecule has 0 spiro atoms. The molecule has 0 radical (unpaired) electrons. The quantitative estimate of drug-likeness (QED) is 0.844. The van der Waals surface area contributed by atoms with E-state index in [0.29, 0.717) is 0 Å². The number of rotatable bonds is 3. The lowest BCUT2D eigenvalue weighted by atomic mass is 10.2. The highest BCUT2D eigenvalue weighted by atomic mass is 79.9. The van der Waals surface area contributed by atoms with E-state index in [9.17, 15) is 0 Å². The molecule has 0 amide bonds. The van der Waals surface area contributed by atoms with Crippen LogP contribution in [-0.2, 0) is 6.54 Å². The van der Waals surface area contributed by atoms with E-state index in [0.717, 1.165) is 21.2 Å². The lowest BCUT2D eigenvalue weighted by Gasteiger charge is -2.06. The Morgan fingerprint density at radius 1 is 0.875 bits per heavy atom. The lowest BCUT2D eigenvalue weighted by Crippen LogP contribution is -1.98. The fraction of sp³-hybridized carbons (Fsp3) is 0.0769. The molecule has 0 bridgehead atoms. The Bertz CT molecular complexity index is 466. The highest BCUT2D eigenvalue weighted by Crippen LogP contribution is 2.16. The summed E-state index contributed by atoms with van der Waals surface area (Å²) in [6.45, 7) is 0.834. The number of nitrogens with one attached hydrogen (secondary N) is 1. The van der Waals surface area contributed by atoms with Gasteiger partial charge in [0.1, 0.15) is 0 Å². The summed E-state index contributed by atoms with van der Waals surface area (Å²) in [5, 5.41) is 3.37. The molecule has 0 unspecified atom stereocenters. The van der Waals surface area contributed by atoms with Crippen molar-refractivity contribution in [3.8, 4) is 0 Å². The first kappa shape index (κ1) is 11.7. The number of hydrogen-bond acceptors (Lipinski definition) is 1. The van der Waals surface area contributed by atoms with Crippen LogP contribution in [0.25, 0.3) is 0 Å². The molecule has 0 atom stereocenters. The summed E-state index contributed by atoms with van der Waals surface area (Å²) in [6.07, 6.45) is 0. The van der Waals surface area contributed by atoms with Crippen LogP contribution in [0.3, 0.4) is 0 Å². The predicted molar refractivity (Wildman–Crippen MR) is 75.6 cm³/mol. The van der Waals surface area contributed by atoms with E-state index in [-0.39, 0.29) is 0 Å². The Labute approximate surface area is 112 Å². The minimum absolute atomic E-state index is 0.834. The smallest absolute Gasteiger partial charge is 0.0401 e. The second kappa shape index (κ2) is 5.51. The molecule has 2 rings (SSSR count). The Hall–Kier alpha value is -0.800. The average Bonchev–Trinajstić information content (AvgIpc) is 2.28. The van der Waals surface area contributed by atoms with Crippen molar-refractivity contribution in [2.24, 2.45) is 0 Å². The largest absolute Gasteiger partial charge is 0.381 e. The molecule has 3 heteroatoms. The van der Waals surface area contributed by atoms with Crippen molar-refractivity contribution in [2.75, 3.05) is 5.32 Å². The molecule has 0 saturated carbocycles. The van der Waals surface area contributed by atoms with Crippen LogP contribution < -0.4 is 5.32 Å². The summed E-state index contributed by atoms with van der Waals surface area (Å²) >= 11 is 6.88. The first-order valence-electron chi connectivity index (χ1n) is 4.98. The number of halogens is 2. The zero-order chi connectivity index (χ0) is 11.4. The molecule has 16 heavy (non-hydrogen) atoms. The number of benzene rings is 2. The minimum atomic E-state index is 0.834. The van der Waals surface area contributed by atoms with Crippen molar-refractivity contribution in [3.05, 3.63) is 63.0 Å². The van der Waals surface area contributed by atoms with Gasteiger partial charge in [-0.15, -0.1) is 0 Å². The van der Waals surface area contributed by atoms with E-state index in [1.54, 1.807) is 0 Å². The summed E-state index contributed by atoms with van der Waals surface area (Å²) in [6, 6.07) is 16.5. The molecule has 2 aromatic rings. The maximum Gasteiger partial charge on any atom is 0.0401 e. The van der Waals surface area contributed by atoms with E-state index < -0.39 is 0 Å². The molecule has 1 nitrogen and oxygen atoms in total. The van der Waals surface area contributed by atoms with Crippen molar-refractivity contribution < 1.29 is 0 Å². The molecular weight excluding hydrogens is 330 g/mol. The van der Waals surface area contributed by atoms with Gasteiger partial charge in [-0.2, -0.15) is 0 Å². The topological polar surface area (TPSA) is 12.0 Å². The van der Waals surface area contributed by atoms with Gasteiger partial charge in [0.15, 0.2) is 0 Å². The Morgan fingerprint density at radius 3 is 2.31 bits per heavy atom. The molecule has 82 valence electrons. The third-order valence-electron chi connectivity index (χ3n) is 2.23. The lowest BCUT2D eigenvalue weighted by molar-refractivity contribution is 1.15. The van der Waals surface area contributed by atoms with Gasteiger partial charge in [0.05, 0.1) is 0 Å². The van der Waals surface area contributed by atoms with Crippen molar-refractivity contribution in [1.29, 1.82) is 0 Å². The third kappa shape index (κ3) is 3.35. The van der Waals surface area contributed by atoms with Gasteiger partial charge >= 0.3 is 0 Å². The van der Waals surface area contributed by atoms with Gasteiger partial charge in [0.2, 0.25) is 0 Å². The molecule has 0 saturated heterocycles. The van der Waals surface area contributed by atoms with Gasteiger partial charge in [0.25, 0.3) is 0 Å². The highest BCUT2D eigenvalue weighted by molar-refractivity contribution is 9.10. The van der Waals surface area contributed by atoms with Crippen LogP contribution in [0.2, 0.25) is 0 Å². The van der Waals surface area contributed by atoms with E-state index in [2.05, 4.69) is 61.4 Å². The maximum absolute atomic E-state index is 3.46. The first-order chi connectivity index (χ1) is 7.74. The minimum Gasteiger partial charge on any atom is -0.381 e. The first-order valence-corrected chi connectivity index (χ1v) is 6.56. The second-order valence-electron chi connectivity index (χ2n) is 3.49. The van der Waals surface area contributed by atoms with E-state index in [1.807, 2.05) is 24.3 Å². The summed E-state index contributed by atoms with van der Waals surface area (Å²) in [7, 11) is 0. The summed E-state index contributed by atoms with van der Waals surface area (Å²) < 4.78 is 2.21. The Kier molecular flexibility index (Phi) is 4.02. The summed E-state index contributed by atoms with van der Waals surface area (Å²) in [5.74, 6) is 0. The van der Waals surface area contributed by atoms with Gasteiger partial charge in [-0.05, 0) is 42.0 Å². The molecule has 0 fully saturated rings. The zero-order valence-electron chi connectivity index (χ0n) is 8.58. The molecular formula is C13H11Br2N. The molecule has 0 aliphatic rings. The molecule has 0 heterocycles. The van der Waals surface area contributed by atoms with Crippen molar-refractivity contribution in [2.45, 2.75) is 6.54 Å². The van der Waals surface area contributed by atoms with E-state index in [4.69, 9.17) is 0 Å². The standard InChI is InChI=1S/C13H11Br2N/c14-11-4-6-13(7-5-11)16-9-10-2-1-3-12(15)8-10/h1-8,16H,9H2. The van der Waals surface area contributed by atoms with Gasteiger partial charge < -0.3 is 5.32 Å². The van der Waals surface area contributed by atoms with Crippen LogP contribution in [0, 0.1) is 0 Å². The van der Waals surface area contributed by atoms with Crippen molar-refractivity contribution in [3.63, 3.8) is 0 Å².